The minimum Gasteiger partial charge on any atom is -0.490 e. The van der Waals surface area contributed by atoms with Crippen LogP contribution in [0.4, 0.5) is 5.69 Å². The summed E-state index contributed by atoms with van der Waals surface area (Å²) >= 11 is 10.8. The fourth-order valence-electron chi connectivity index (χ4n) is 2.86. The molecule has 1 heterocycles. The Bertz CT molecular complexity index is 1050. The quantitative estimate of drug-likeness (QED) is 0.444. The number of primary amides is 1. The highest BCUT2D eigenvalue weighted by atomic mass is 79.9. The molecule has 2 aromatic rings. The first-order valence-corrected chi connectivity index (χ1v) is 11.4. The van der Waals surface area contributed by atoms with Gasteiger partial charge >= 0.3 is 0 Å². The van der Waals surface area contributed by atoms with E-state index in [1.165, 1.54) is 11.8 Å². The number of hydrogen-bond donors (Lipinski definition) is 3. The van der Waals surface area contributed by atoms with Gasteiger partial charge in [0.1, 0.15) is 0 Å². The normalized spacial score (nSPS) is 16.8. The maximum absolute atomic E-state index is 12.5. The number of ether oxygens (including phenoxy) is 2. The minimum atomic E-state index is -0.589. The van der Waals surface area contributed by atoms with Crippen molar-refractivity contribution in [3.8, 4) is 11.5 Å². The summed E-state index contributed by atoms with van der Waals surface area (Å²) in [6, 6.07) is 9.06. The van der Waals surface area contributed by atoms with E-state index < -0.39 is 5.91 Å². The van der Waals surface area contributed by atoms with E-state index in [-0.39, 0.29) is 18.0 Å². The topological polar surface area (TPSA) is 103 Å². The van der Waals surface area contributed by atoms with Crippen LogP contribution in [0.5, 0.6) is 11.5 Å². The van der Waals surface area contributed by atoms with E-state index in [2.05, 4.69) is 26.6 Å². The van der Waals surface area contributed by atoms with Gasteiger partial charge in [-0.05, 0) is 77.3 Å². The summed E-state index contributed by atoms with van der Waals surface area (Å²) in [4.78, 5) is 24.1. The highest BCUT2D eigenvalue weighted by Crippen LogP contribution is 2.39. The molecule has 2 amide bonds. The molecule has 1 aliphatic heterocycles. The second-order valence-electron chi connectivity index (χ2n) is 6.60. The molecule has 0 aromatic heterocycles. The molecule has 164 valence electrons. The first-order valence-electron chi connectivity index (χ1n) is 9.36. The number of halogens is 2. The Hall–Kier alpha value is -2.36. The Labute approximate surface area is 197 Å². The summed E-state index contributed by atoms with van der Waals surface area (Å²) in [6.07, 6.45) is 1.77. The largest absolute Gasteiger partial charge is 0.490 e. The van der Waals surface area contributed by atoms with Crippen LogP contribution >= 0.6 is 39.3 Å². The highest BCUT2D eigenvalue weighted by molar-refractivity contribution is 9.10. The van der Waals surface area contributed by atoms with Gasteiger partial charge in [-0.2, -0.15) is 0 Å². The third kappa shape index (κ3) is 6.09. The molecule has 0 spiro atoms. The summed E-state index contributed by atoms with van der Waals surface area (Å²) in [5.41, 5.74) is 7.46. The van der Waals surface area contributed by atoms with Crippen LogP contribution in [-0.4, -0.2) is 30.5 Å². The number of rotatable bonds is 8. The van der Waals surface area contributed by atoms with Crippen LogP contribution in [-0.2, 0) is 9.59 Å². The van der Waals surface area contributed by atoms with Gasteiger partial charge in [-0.3, -0.25) is 9.59 Å². The van der Waals surface area contributed by atoms with Crippen molar-refractivity contribution in [3.05, 3.63) is 55.9 Å². The molecule has 2 aromatic carbocycles. The molecular formula is C21H21BrClN3O4S. The first kappa shape index (κ1) is 23.3. The lowest BCUT2D eigenvalue weighted by atomic mass is 10.2. The number of nitrogens with one attached hydrogen (secondary N) is 2. The number of carbonyl (C=O) groups excluding carboxylic acids is 2. The predicted octanol–water partition coefficient (Wildman–Crippen LogP) is 4.27. The Morgan fingerprint density at radius 2 is 2.13 bits per heavy atom. The fourth-order valence-corrected chi connectivity index (χ4v) is 4.64. The van der Waals surface area contributed by atoms with Crippen molar-refractivity contribution in [1.82, 2.24) is 5.32 Å². The lowest BCUT2D eigenvalue weighted by Crippen LogP contribution is -2.31. The molecule has 1 saturated heterocycles. The number of hydrogen-bond acceptors (Lipinski definition) is 6. The summed E-state index contributed by atoms with van der Waals surface area (Å²) < 4.78 is 11.7. The molecule has 1 atom stereocenters. The molecule has 3 rings (SSSR count). The summed E-state index contributed by atoms with van der Waals surface area (Å²) in [6.45, 7) is 3.92. The molecule has 0 radical (unpaired) electrons. The van der Waals surface area contributed by atoms with Gasteiger partial charge in [-0.25, -0.2) is 0 Å². The molecule has 1 unspecified atom stereocenters. The number of aryl methyl sites for hydroxylation is 1. The van der Waals surface area contributed by atoms with Gasteiger partial charge in [0.25, 0.3) is 11.8 Å². The van der Waals surface area contributed by atoms with E-state index in [1.807, 2.05) is 26.0 Å². The van der Waals surface area contributed by atoms with Crippen LogP contribution in [0, 0.1) is 6.92 Å². The standard InChI is InChI=1S/C21H21BrClN3O4S/c1-3-29-16-8-12(7-14(22)19(16)30-10-18(24)27)9-17-20(28)26-21(31-17)25-15-5-4-13(23)6-11(15)2/h4-9,21,25H,3,10H2,1-2H3,(H2,24,27)(H,26,28)/b17-9-. The molecule has 0 bridgehead atoms. The van der Waals surface area contributed by atoms with Gasteiger partial charge < -0.3 is 25.8 Å². The Morgan fingerprint density at radius 3 is 2.81 bits per heavy atom. The third-order valence-electron chi connectivity index (χ3n) is 4.19. The summed E-state index contributed by atoms with van der Waals surface area (Å²) in [5.74, 6) is 0.0511. The summed E-state index contributed by atoms with van der Waals surface area (Å²) in [5, 5.41) is 6.86. The van der Waals surface area contributed by atoms with Crippen LogP contribution in [0.15, 0.2) is 39.7 Å². The van der Waals surface area contributed by atoms with Crippen LogP contribution in [0.25, 0.3) is 6.08 Å². The number of nitrogens with two attached hydrogens (primary N) is 1. The Kier molecular flexibility index (Phi) is 7.74. The van der Waals surface area contributed by atoms with Crippen LogP contribution < -0.4 is 25.8 Å². The predicted molar refractivity (Wildman–Crippen MR) is 127 cm³/mol. The lowest BCUT2D eigenvalue weighted by molar-refractivity contribution is -0.120. The third-order valence-corrected chi connectivity index (χ3v) is 6.05. The first-order chi connectivity index (χ1) is 14.8. The minimum absolute atomic E-state index is 0.183. The Balaban J connectivity index is 1.80. The molecule has 0 saturated carbocycles. The number of benzene rings is 2. The van der Waals surface area contributed by atoms with E-state index in [0.717, 1.165) is 16.8 Å². The zero-order chi connectivity index (χ0) is 22.5. The number of anilines is 1. The second-order valence-corrected chi connectivity index (χ2v) is 9.04. The Morgan fingerprint density at radius 1 is 1.35 bits per heavy atom. The van der Waals surface area contributed by atoms with Crippen molar-refractivity contribution in [2.45, 2.75) is 19.3 Å². The molecule has 4 N–H and O–H groups in total. The van der Waals surface area contributed by atoms with Crippen molar-refractivity contribution in [1.29, 1.82) is 0 Å². The number of carbonyl (C=O) groups is 2. The zero-order valence-electron chi connectivity index (χ0n) is 16.8. The zero-order valence-corrected chi connectivity index (χ0v) is 20.0. The maximum atomic E-state index is 12.5. The van der Waals surface area contributed by atoms with E-state index in [0.29, 0.717) is 32.5 Å². The van der Waals surface area contributed by atoms with E-state index in [1.54, 1.807) is 24.3 Å². The van der Waals surface area contributed by atoms with Crippen molar-refractivity contribution in [3.63, 3.8) is 0 Å². The number of amides is 2. The van der Waals surface area contributed by atoms with Gasteiger partial charge in [0.05, 0.1) is 16.0 Å². The molecule has 31 heavy (non-hydrogen) atoms. The average Bonchev–Trinajstić information content (AvgIpc) is 3.02. The molecule has 0 aliphatic carbocycles. The van der Waals surface area contributed by atoms with Crippen molar-refractivity contribution in [2.75, 3.05) is 18.5 Å². The monoisotopic (exact) mass is 525 g/mol. The molecule has 7 nitrogen and oxygen atoms in total. The maximum Gasteiger partial charge on any atom is 0.260 e. The van der Waals surface area contributed by atoms with Gasteiger partial charge in [0, 0.05) is 10.7 Å². The van der Waals surface area contributed by atoms with Crippen LogP contribution in [0.2, 0.25) is 5.02 Å². The second kappa shape index (κ2) is 10.3. The molecule has 10 heteroatoms. The van der Waals surface area contributed by atoms with Gasteiger partial charge in [0.2, 0.25) is 0 Å². The van der Waals surface area contributed by atoms with Gasteiger partial charge in [0.15, 0.2) is 23.6 Å². The van der Waals surface area contributed by atoms with Crippen molar-refractivity contribution in [2.24, 2.45) is 5.73 Å². The molecule has 1 aliphatic rings. The van der Waals surface area contributed by atoms with Crippen molar-refractivity contribution < 1.29 is 19.1 Å². The van der Waals surface area contributed by atoms with Crippen LogP contribution in [0.3, 0.4) is 0 Å². The smallest absolute Gasteiger partial charge is 0.260 e. The number of thioether (sulfide) groups is 1. The van der Waals surface area contributed by atoms with E-state index in [9.17, 15) is 9.59 Å². The van der Waals surface area contributed by atoms with Crippen LogP contribution in [0.1, 0.15) is 18.1 Å². The highest BCUT2D eigenvalue weighted by Gasteiger charge is 2.27. The van der Waals surface area contributed by atoms with Gasteiger partial charge in [-0.15, -0.1) is 0 Å². The summed E-state index contributed by atoms with van der Waals surface area (Å²) in [7, 11) is 0. The SMILES string of the molecule is CCOc1cc(/C=C2\SC(Nc3ccc(Cl)cc3C)NC2=O)cc(Br)c1OCC(N)=O. The average molecular weight is 527 g/mol. The van der Waals surface area contributed by atoms with E-state index >= 15 is 0 Å². The van der Waals surface area contributed by atoms with Crippen molar-refractivity contribution >= 4 is 62.9 Å². The van der Waals surface area contributed by atoms with E-state index in [4.69, 9.17) is 26.8 Å². The lowest BCUT2D eigenvalue weighted by Gasteiger charge is -2.15. The van der Waals surface area contributed by atoms with Gasteiger partial charge in [-0.1, -0.05) is 23.4 Å². The molecule has 1 fully saturated rings. The molecular weight excluding hydrogens is 506 g/mol. The fraction of sp³-hybridized carbons (Fsp3) is 0.238.